The lowest BCUT2D eigenvalue weighted by Crippen LogP contribution is -2.23. The van der Waals surface area contributed by atoms with Gasteiger partial charge in [0.25, 0.3) is 5.56 Å². The van der Waals surface area contributed by atoms with Gasteiger partial charge in [-0.2, -0.15) is 0 Å². The molecular formula is C14H13Br2NO3. The lowest BCUT2D eigenvalue weighted by molar-refractivity contribution is 0.295. The van der Waals surface area contributed by atoms with Gasteiger partial charge in [-0.05, 0) is 62.2 Å². The SMILES string of the molecule is COc1ccc(OCCn2cc(Br)cc(Br)c2=O)cc1. The fourth-order valence-electron chi connectivity index (χ4n) is 1.66. The van der Waals surface area contributed by atoms with Crippen molar-refractivity contribution in [3.8, 4) is 11.5 Å². The minimum absolute atomic E-state index is 0.0773. The molecule has 1 aromatic carbocycles. The van der Waals surface area contributed by atoms with Gasteiger partial charge < -0.3 is 14.0 Å². The third kappa shape index (κ3) is 3.86. The molecule has 2 rings (SSSR count). The molecule has 1 aromatic heterocycles. The molecule has 0 aliphatic heterocycles. The summed E-state index contributed by atoms with van der Waals surface area (Å²) in [6, 6.07) is 9.05. The van der Waals surface area contributed by atoms with Gasteiger partial charge in [-0.1, -0.05) is 0 Å². The molecule has 2 aromatic rings. The smallest absolute Gasteiger partial charge is 0.265 e. The van der Waals surface area contributed by atoms with Gasteiger partial charge in [0.1, 0.15) is 18.1 Å². The van der Waals surface area contributed by atoms with E-state index in [4.69, 9.17) is 9.47 Å². The average Bonchev–Trinajstić information content (AvgIpc) is 2.44. The summed E-state index contributed by atoms with van der Waals surface area (Å²) < 4.78 is 13.6. The number of aromatic nitrogens is 1. The van der Waals surface area contributed by atoms with Gasteiger partial charge in [0.05, 0.1) is 18.1 Å². The van der Waals surface area contributed by atoms with Crippen LogP contribution in [-0.4, -0.2) is 18.3 Å². The molecule has 0 saturated carbocycles. The van der Waals surface area contributed by atoms with Gasteiger partial charge >= 0.3 is 0 Å². The molecule has 0 aliphatic carbocycles. The van der Waals surface area contributed by atoms with Crippen LogP contribution >= 0.6 is 31.9 Å². The maximum Gasteiger partial charge on any atom is 0.265 e. The van der Waals surface area contributed by atoms with Gasteiger partial charge in [-0.3, -0.25) is 4.79 Å². The summed E-state index contributed by atoms with van der Waals surface area (Å²) in [7, 11) is 1.62. The Bertz CT molecular complexity index is 638. The molecule has 0 saturated heterocycles. The third-order valence-corrected chi connectivity index (χ3v) is 3.67. The molecule has 6 heteroatoms. The van der Waals surface area contributed by atoms with E-state index in [1.807, 2.05) is 24.3 Å². The number of ether oxygens (including phenoxy) is 2. The quantitative estimate of drug-likeness (QED) is 0.768. The second-order valence-electron chi connectivity index (χ2n) is 4.03. The van der Waals surface area contributed by atoms with Crippen LogP contribution in [0.1, 0.15) is 0 Å². The summed E-state index contributed by atoms with van der Waals surface area (Å²) >= 11 is 6.59. The molecule has 0 aliphatic rings. The summed E-state index contributed by atoms with van der Waals surface area (Å²) in [4.78, 5) is 11.9. The first-order valence-electron chi connectivity index (χ1n) is 5.92. The van der Waals surface area contributed by atoms with E-state index < -0.39 is 0 Å². The van der Waals surface area contributed by atoms with E-state index in [9.17, 15) is 4.79 Å². The molecule has 0 bridgehead atoms. The summed E-state index contributed by atoms with van der Waals surface area (Å²) in [5.41, 5.74) is -0.0773. The van der Waals surface area contributed by atoms with Gasteiger partial charge in [0.2, 0.25) is 0 Å². The van der Waals surface area contributed by atoms with E-state index >= 15 is 0 Å². The lowest BCUT2D eigenvalue weighted by Gasteiger charge is -2.09. The van der Waals surface area contributed by atoms with Crippen LogP contribution < -0.4 is 15.0 Å². The molecule has 0 unspecified atom stereocenters. The first-order valence-corrected chi connectivity index (χ1v) is 7.51. The van der Waals surface area contributed by atoms with Crippen LogP contribution in [0.25, 0.3) is 0 Å². The molecule has 20 heavy (non-hydrogen) atoms. The number of halogens is 2. The van der Waals surface area contributed by atoms with E-state index in [-0.39, 0.29) is 5.56 Å². The molecule has 106 valence electrons. The Kier molecular flexibility index (Phi) is 5.25. The van der Waals surface area contributed by atoms with Crippen molar-refractivity contribution in [3.05, 3.63) is 55.8 Å². The highest BCUT2D eigenvalue weighted by atomic mass is 79.9. The first-order chi connectivity index (χ1) is 9.60. The Morgan fingerprint density at radius 3 is 2.45 bits per heavy atom. The number of nitrogens with zero attached hydrogens (tertiary/aromatic N) is 1. The van der Waals surface area contributed by atoms with Gasteiger partial charge in [0, 0.05) is 10.7 Å². The van der Waals surface area contributed by atoms with E-state index in [1.54, 1.807) is 23.9 Å². The highest BCUT2D eigenvalue weighted by molar-refractivity contribution is 9.11. The number of pyridine rings is 1. The predicted molar refractivity (Wildman–Crippen MR) is 84.6 cm³/mol. The maximum absolute atomic E-state index is 11.9. The highest BCUT2D eigenvalue weighted by Gasteiger charge is 2.03. The molecule has 0 N–H and O–H groups in total. The third-order valence-electron chi connectivity index (χ3n) is 2.67. The van der Waals surface area contributed by atoms with Crippen LogP contribution in [0.5, 0.6) is 11.5 Å². The van der Waals surface area contributed by atoms with Crippen molar-refractivity contribution >= 4 is 31.9 Å². The first kappa shape index (κ1) is 15.1. The van der Waals surface area contributed by atoms with E-state index in [0.717, 1.165) is 16.0 Å². The van der Waals surface area contributed by atoms with Crippen molar-refractivity contribution in [1.29, 1.82) is 0 Å². The van der Waals surface area contributed by atoms with Crippen molar-refractivity contribution < 1.29 is 9.47 Å². The van der Waals surface area contributed by atoms with E-state index in [2.05, 4.69) is 31.9 Å². The minimum Gasteiger partial charge on any atom is -0.497 e. The fraction of sp³-hybridized carbons (Fsp3) is 0.214. The Labute approximate surface area is 133 Å². The zero-order chi connectivity index (χ0) is 14.5. The number of benzene rings is 1. The molecular weight excluding hydrogens is 390 g/mol. The number of rotatable bonds is 5. The lowest BCUT2D eigenvalue weighted by atomic mass is 10.3. The van der Waals surface area contributed by atoms with Crippen LogP contribution in [0, 0.1) is 0 Å². The molecule has 0 atom stereocenters. The normalized spacial score (nSPS) is 10.3. The number of hydrogen-bond acceptors (Lipinski definition) is 3. The Morgan fingerprint density at radius 2 is 1.80 bits per heavy atom. The summed E-state index contributed by atoms with van der Waals surface area (Å²) in [6.45, 7) is 0.887. The highest BCUT2D eigenvalue weighted by Crippen LogP contribution is 2.17. The average molecular weight is 403 g/mol. The number of hydrogen-bond donors (Lipinski definition) is 0. The topological polar surface area (TPSA) is 40.5 Å². The molecule has 0 radical (unpaired) electrons. The molecule has 4 nitrogen and oxygen atoms in total. The van der Waals surface area contributed by atoms with Crippen molar-refractivity contribution in [3.63, 3.8) is 0 Å². The summed E-state index contributed by atoms with van der Waals surface area (Å²) in [5.74, 6) is 1.53. The zero-order valence-electron chi connectivity index (χ0n) is 10.8. The fourth-order valence-corrected chi connectivity index (χ4v) is 2.92. The van der Waals surface area contributed by atoms with Crippen molar-refractivity contribution in [2.75, 3.05) is 13.7 Å². The van der Waals surface area contributed by atoms with Gasteiger partial charge in [-0.25, -0.2) is 0 Å². The van der Waals surface area contributed by atoms with Crippen LogP contribution in [0.4, 0.5) is 0 Å². The second kappa shape index (κ2) is 6.95. The van der Waals surface area contributed by atoms with E-state index in [1.165, 1.54) is 0 Å². The Hall–Kier alpha value is -1.27. The van der Waals surface area contributed by atoms with Gasteiger partial charge in [-0.15, -0.1) is 0 Å². The van der Waals surface area contributed by atoms with Gasteiger partial charge in [0.15, 0.2) is 0 Å². The summed E-state index contributed by atoms with van der Waals surface area (Å²) in [5, 5.41) is 0. The van der Waals surface area contributed by atoms with E-state index in [0.29, 0.717) is 17.6 Å². The summed E-state index contributed by atoms with van der Waals surface area (Å²) in [6.07, 6.45) is 1.74. The molecule has 0 spiro atoms. The standard InChI is InChI=1S/C14H13Br2NO3/c1-19-11-2-4-12(5-3-11)20-7-6-17-9-10(15)8-13(16)14(17)18/h2-5,8-9H,6-7H2,1H3. The van der Waals surface area contributed by atoms with Crippen molar-refractivity contribution in [1.82, 2.24) is 4.57 Å². The Morgan fingerprint density at radius 1 is 1.15 bits per heavy atom. The maximum atomic E-state index is 11.9. The van der Waals surface area contributed by atoms with Crippen LogP contribution in [-0.2, 0) is 6.54 Å². The largest absolute Gasteiger partial charge is 0.497 e. The molecule has 0 fully saturated rings. The predicted octanol–water partition coefficient (Wildman–Crippen LogP) is 3.46. The molecule has 1 heterocycles. The monoisotopic (exact) mass is 401 g/mol. The van der Waals surface area contributed by atoms with Crippen molar-refractivity contribution in [2.24, 2.45) is 0 Å². The van der Waals surface area contributed by atoms with Crippen LogP contribution in [0.15, 0.2) is 50.3 Å². The minimum atomic E-state index is -0.0773. The van der Waals surface area contributed by atoms with Crippen LogP contribution in [0.2, 0.25) is 0 Å². The Balaban J connectivity index is 1.97. The zero-order valence-corrected chi connectivity index (χ0v) is 14.0. The van der Waals surface area contributed by atoms with Crippen molar-refractivity contribution in [2.45, 2.75) is 6.54 Å². The second-order valence-corrected chi connectivity index (χ2v) is 5.80. The molecule has 0 amide bonds. The van der Waals surface area contributed by atoms with Crippen LogP contribution in [0.3, 0.4) is 0 Å². The number of methoxy groups -OCH3 is 1.